The molecule has 4 nitrogen and oxygen atoms in total. The fourth-order valence-corrected chi connectivity index (χ4v) is 2.07. The second kappa shape index (κ2) is 6.24. The van der Waals surface area contributed by atoms with Crippen LogP contribution in [0.3, 0.4) is 0 Å². The van der Waals surface area contributed by atoms with Gasteiger partial charge in [0.05, 0.1) is 12.5 Å². The van der Waals surface area contributed by atoms with Crippen LogP contribution in [0.2, 0.25) is 0 Å². The van der Waals surface area contributed by atoms with E-state index < -0.39 is 22.7 Å². The van der Waals surface area contributed by atoms with E-state index in [1.54, 1.807) is 38.1 Å². The number of halogens is 2. The lowest BCUT2D eigenvalue weighted by atomic mass is 9.85. The average molecular weight is 321 g/mol. The fourth-order valence-electron chi connectivity index (χ4n) is 2.07. The van der Waals surface area contributed by atoms with Crippen molar-refractivity contribution in [3.8, 4) is 11.5 Å². The molecular formula is C17H17F2NO3. The molecule has 0 bridgehead atoms. The summed E-state index contributed by atoms with van der Waals surface area (Å²) in [5.74, 6) is -1.77. The van der Waals surface area contributed by atoms with Crippen molar-refractivity contribution in [2.75, 3.05) is 12.8 Å². The third-order valence-electron chi connectivity index (χ3n) is 3.56. The first-order valence-electron chi connectivity index (χ1n) is 6.87. The lowest BCUT2D eigenvalue weighted by molar-refractivity contribution is -0.146. The smallest absolute Gasteiger partial charge is 0.315 e. The molecule has 23 heavy (non-hydrogen) atoms. The first kappa shape index (κ1) is 16.7. The first-order chi connectivity index (χ1) is 10.8. The molecule has 2 aromatic rings. The van der Waals surface area contributed by atoms with E-state index in [9.17, 15) is 13.6 Å². The molecule has 0 amide bonds. The number of carbonyl (C=O) groups is 1. The summed E-state index contributed by atoms with van der Waals surface area (Å²) in [6, 6.07) is 8.60. The number of benzene rings is 2. The Morgan fingerprint density at radius 1 is 1.04 bits per heavy atom. The SMILES string of the molecule is COC(=O)C(C)(C)c1ccc(Oc2cc(F)c(N)c(F)c2)cc1. The Hall–Kier alpha value is -2.63. The second-order valence-electron chi connectivity index (χ2n) is 5.54. The highest BCUT2D eigenvalue weighted by atomic mass is 19.1. The van der Waals surface area contributed by atoms with Gasteiger partial charge in [-0.3, -0.25) is 4.79 Å². The van der Waals surface area contributed by atoms with Gasteiger partial charge in [0.2, 0.25) is 0 Å². The normalized spacial score (nSPS) is 11.2. The van der Waals surface area contributed by atoms with Gasteiger partial charge in [-0.05, 0) is 31.5 Å². The van der Waals surface area contributed by atoms with Crippen LogP contribution in [0.15, 0.2) is 36.4 Å². The van der Waals surface area contributed by atoms with Gasteiger partial charge < -0.3 is 15.2 Å². The van der Waals surface area contributed by atoms with E-state index in [2.05, 4.69) is 0 Å². The van der Waals surface area contributed by atoms with E-state index in [-0.39, 0.29) is 11.7 Å². The number of carbonyl (C=O) groups excluding carboxylic acids is 1. The second-order valence-corrected chi connectivity index (χ2v) is 5.54. The fraction of sp³-hybridized carbons (Fsp3) is 0.235. The predicted octanol–water partition coefficient (Wildman–Crippen LogP) is 3.79. The summed E-state index contributed by atoms with van der Waals surface area (Å²) >= 11 is 0. The molecule has 2 aromatic carbocycles. The van der Waals surface area contributed by atoms with Crippen molar-refractivity contribution in [3.63, 3.8) is 0 Å². The number of nitrogen functional groups attached to an aromatic ring is 1. The highest BCUT2D eigenvalue weighted by Gasteiger charge is 2.30. The Bertz CT molecular complexity index is 704. The van der Waals surface area contributed by atoms with Crippen molar-refractivity contribution in [1.29, 1.82) is 0 Å². The lowest BCUT2D eigenvalue weighted by Crippen LogP contribution is -2.30. The summed E-state index contributed by atoms with van der Waals surface area (Å²) in [6.45, 7) is 3.47. The highest BCUT2D eigenvalue weighted by molar-refractivity contribution is 5.82. The van der Waals surface area contributed by atoms with Gasteiger partial charge in [-0.2, -0.15) is 0 Å². The molecule has 122 valence electrons. The summed E-state index contributed by atoms with van der Waals surface area (Å²) in [6.07, 6.45) is 0. The van der Waals surface area contributed by atoms with E-state index in [1.165, 1.54) is 7.11 Å². The van der Waals surface area contributed by atoms with Gasteiger partial charge in [-0.15, -0.1) is 0 Å². The lowest BCUT2D eigenvalue weighted by Gasteiger charge is -2.22. The average Bonchev–Trinajstić information content (AvgIpc) is 2.52. The monoisotopic (exact) mass is 321 g/mol. The molecule has 0 saturated heterocycles. The summed E-state index contributed by atoms with van der Waals surface area (Å²) in [5, 5.41) is 0. The quantitative estimate of drug-likeness (QED) is 0.687. The number of rotatable bonds is 4. The van der Waals surface area contributed by atoms with Gasteiger partial charge in [0.25, 0.3) is 0 Å². The molecule has 0 heterocycles. The molecule has 0 radical (unpaired) electrons. The number of anilines is 1. The number of hydrogen-bond donors (Lipinski definition) is 1. The van der Waals surface area contributed by atoms with Crippen molar-refractivity contribution in [3.05, 3.63) is 53.6 Å². The van der Waals surface area contributed by atoms with Crippen molar-refractivity contribution in [2.24, 2.45) is 0 Å². The minimum absolute atomic E-state index is 0.00539. The molecule has 0 aliphatic carbocycles. The minimum Gasteiger partial charge on any atom is -0.468 e. The zero-order chi connectivity index (χ0) is 17.2. The van der Waals surface area contributed by atoms with Crippen molar-refractivity contribution >= 4 is 11.7 Å². The van der Waals surface area contributed by atoms with E-state index in [0.29, 0.717) is 5.75 Å². The van der Waals surface area contributed by atoms with Gasteiger partial charge in [-0.25, -0.2) is 8.78 Å². The van der Waals surface area contributed by atoms with Crippen LogP contribution in [0, 0.1) is 11.6 Å². The summed E-state index contributed by atoms with van der Waals surface area (Å²) in [5.41, 5.74) is 4.57. The molecular weight excluding hydrogens is 304 g/mol. The van der Waals surface area contributed by atoms with Gasteiger partial charge in [0, 0.05) is 12.1 Å². The largest absolute Gasteiger partial charge is 0.468 e. The summed E-state index contributed by atoms with van der Waals surface area (Å²) in [4.78, 5) is 11.8. The molecule has 2 N–H and O–H groups in total. The maximum atomic E-state index is 13.4. The number of ether oxygens (including phenoxy) is 2. The first-order valence-corrected chi connectivity index (χ1v) is 6.87. The Morgan fingerprint density at radius 2 is 1.57 bits per heavy atom. The summed E-state index contributed by atoms with van der Waals surface area (Å²) in [7, 11) is 1.33. The minimum atomic E-state index is -0.886. The number of hydrogen-bond acceptors (Lipinski definition) is 4. The maximum absolute atomic E-state index is 13.4. The van der Waals surface area contributed by atoms with Crippen molar-refractivity contribution in [1.82, 2.24) is 0 Å². The van der Waals surface area contributed by atoms with E-state index in [1.807, 2.05) is 0 Å². The van der Waals surface area contributed by atoms with Gasteiger partial charge in [-0.1, -0.05) is 12.1 Å². The molecule has 0 saturated carbocycles. The van der Waals surface area contributed by atoms with Crippen LogP contribution in [0.4, 0.5) is 14.5 Å². The Morgan fingerprint density at radius 3 is 2.04 bits per heavy atom. The highest BCUT2D eigenvalue weighted by Crippen LogP contribution is 2.30. The number of nitrogens with two attached hydrogens (primary N) is 1. The Balaban J connectivity index is 2.22. The molecule has 0 unspecified atom stereocenters. The van der Waals surface area contributed by atoms with Crippen LogP contribution >= 0.6 is 0 Å². The Kier molecular flexibility index (Phi) is 4.54. The van der Waals surface area contributed by atoms with E-state index in [4.69, 9.17) is 15.2 Å². The zero-order valence-corrected chi connectivity index (χ0v) is 13.0. The van der Waals surface area contributed by atoms with Crippen molar-refractivity contribution < 1.29 is 23.0 Å². The van der Waals surface area contributed by atoms with Gasteiger partial charge in [0.15, 0.2) is 11.6 Å². The topological polar surface area (TPSA) is 61.5 Å². The van der Waals surface area contributed by atoms with Crippen LogP contribution in [0.25, 0.3) is 0 Å². The van der Waals surface area contributed by atoms with E-state index in [0.717, 1.165) is 17.7 Å². The standard InChI is InChI=1S/C17H17F2NO3/c1-17(2,16(21)22-3)10-4-6-11(7-5-10)23-12-8-13(18)15(20)14(19)9-12/h4-9H,20H2,1-3H3. The van der Waals surface area contributed by atoms with Crippen LogP contribution in [-0.4, -0.2) is 13.1 Å². The number of esters is 1. The van der Waals surface area contributed by atoms with E-state index >= 15 is 0 Å². The third-order valence-corrected chi connectivity index (χ3v) is 3.56. The van der Waals surface area contributed by atoms with Crippen LogP contribution in [-0.2, 0) is 14.9 Å². The molecule has 0 aliphatic rings. The van der Waals surface area contributed by atoms with Crippen LogP contribution < -0.4 is 10.5 Å². The van der Waals surface area contributed by atoms with Gasteiger partial charge >= 0.3 is 5.97 Å². The molecule has 0 atom stereocenters. The molecule has 0 spiro atoms. The molecule has 0 aliphatic heterocycles. The van der Waals surface area contributed by atoms with Gasteiger partial charge in [0.1, 0.15) is 17.2 Å². The molecule has 0 fully saturated rings. The molecule has 6 heteroatoms. The Labute approximate surface area is 132 Å². The number of methoxy groups -OCH3 is 1. The summed E-state index contributed by atoms with van der Waals surface area (Å²) < 4.78 is 37.0. The van der Waals surface area contributed by atoms with Crippen molar-refractivity contribution in [2.45, 2.75) is 19.3 Å². The molecule has 2 rings (SSSR count). The van der Waals surface area contributed by atoms with Crippen LogP contribution in [0.5, 0.6) is 11.5 Å². The predicted molar refractivity (Wildman–Crippen MR) is 82.3 cm³/mol. The third kappa shape index (κ3) is 3.41. The maximum Gasteiger partial charge on any atom is 0.315 e. The van der Waals surface area contributed by atoms with Crippen LogP contribution in [0.1, 0.15) is 19.4 Å². The molecule has 0 aromatic heterocycles. The zero-order valence-electron chi connectivity index (χ0n) is 13.0.